The van der Waals surface area contributed by atoms with E-state index < -0.39 is 17.5 Å². The minimum Gasteiger partial charge on any atom is -0.478 e. The Kier molecular flexibility index (Phi) is 4.55. The SMILES string of the molecule is C/C(=C\C(=O)O)c1ccc(C)cc1OC(C)(C)C(=O)O. The van der Waals surface area contributed by atoms with Gasteiger partial charge in [0.25, 0.3) is 0 Å². The molecule has 1 aromatic rings. The molecular weight excluding hydrogens is 260 g/mol. The molecule has 0 spiro atoms. The zero-order valence-corrected chi connectivity index (χ0v) is 11.9. The van der Waals surface area contributed by atoms with Crippen LogP contribution in [0.2, 0.25) is 0 Å². The van der Waals surface area contributed by atoms with Gasteiger partial charge in [-0.1, -0.05) is 12.1 Å². The van der Waals surface area contributed by atoms with Gasteiger partial charge in [0.2, 0.25) is 0 Å². The van der Waals surface area contributed by atoms with Crippen LogP contribution in [-0.4, -0.2) is 27.8 Å². The van der Waals surface area contributed by atoms with Gasteiger partial charge in [-0.25, -0.2) is 9.59 Å². The summed E-state index contributed by atoms with van der Waals surface area (Å²) in [7, 11) is 0. The Morgan fingerprint density at radius 2 is 1.85 bits per heavy atom. The standard InChI is InChI=1S/C15H18O5/c1-9-5-6-11(10(2)8-13(16)17)12(7-9)20-15(3,4)14(18)19/h5-8H,1-4H3,(H,16,17)(H,18,19)/b10-8+. The number of hydrogen-bond donors (Lipinski definition) is 2. The molecule has 1 rings (SSSR count). The van der Waals surface area contributed by atoms with Gasteiger partial charge in [-0.2, -0.15) is 0 Å². The Labute approximate surface area is 117 Å². The third-order valence-corrected chi connectivity index (χ3v) is 2.78. The van der Waals surface area contributed by atoms with Gasteiger partial charge in [-0.3, -0.25) is 0 Å². The predicted molar refractivity (Wildman–Crippen MR) is 74.8 cm³/mol. The number of ether oxygens (including phenoxy) is 1. The molecule has 0 atom stereocenters. The second kappa shape index (κ2) is 5.77. The fraction of sp³-hybridized carbons (Fsp3) is 0.333. The van der Waals surface area contributed by atoms with Crippen LogP contribution in [0.4, 0.5) is 0 Å². The highest BCUT2D eigenvalue weighted by Gasteiger charge is 2.30. The minimum absolute atomic E-state index is 0.354. The fourth-order valence-electron chi connectivity index (χ4n) is 1.62. The van der Waals surface area contributed by atoms with Crippen LogP contribution in [0.5, 0.6) is 5.75 Å². The maximum Gasteiger partial charge on any atom is 0.347 e. The lowest BCUT2D eigenvalue weighted by molar-refractivity contribution is -0.152. The van der Waals surface area contributed by atoms with E-state index in [0.29, 0.717) is 16.9 Å². The zero-order chi connectivity index (χ0) is 15.5. The molecule has 0 saturated carbocycles. The Morgan fingerprint density at radius 1 is 1.25 bits per heavy atom. The quantitative estimate of drug-likeness (QED) is 0.809. The largest absolute Gasteiger partial charge is 0.478 e. The van der Waals surface area contributed by atoms with Gasteiger partial charge in [0.15, 0.2) is 5.60 Å². The van der Waals surface area contributed by atoms with Crippen LogP contribution in [0.1, 0.15) is 31.9 Å². The van der Waals surface area contributed by atoms with E-state index in [-0.39, 0.29) is 0 Å². The molecule has 0 unspecified atom stereocenters. The van der Waals surface area contributed by atoms with Crippen molar-refractivity contribution in [2.24, 2.45) is 0 Å². The third-order valence-electron chi connectivity index (χ3n) is 2.78. The summed E-state index contributed by atoms with van der Waals surface area (Å²) in [5, 5.41) is 17.9. The molecule has 108 valence electrons. The minimum atomic E-state index is -1.40. The van der Waals surface area contributed by atoms with Gasteiger partial charge in [-0.15, -0.1) is 0 Å². The van der Waals surface area contributed by atoms with Crippen molar-refractivity contribution in [2.75, 3.05) is 0 Å². The van der Waals surface area contributed by atoms with Crippen molar-refractivity contribution in [3.05, 3.63) is 35.4 Å². The molecule has 20 heavy (non-hydrogen) atoms. The average Bonchev–Trinajstić information content (AvgIpc) is 2.26. The van der Waals surface area contributed by atoms with Crippen LogP contribution in [0.25, 0.3) is 5.57 Å². The molecule has 0 heterocycles. The summed E-state index contributed by atoms with van der Waals surface area (Å²) in [6.07, 6.45) is 1.06. The van der Waals surface area contributed by atoms with E-state index in [1.807, 2.05) is 13.0 Å². The number of benzene rings is 1. The summed E-state index contributed by atoms with van der Waals surface area (Å²) in [5.41, 5.74) is 0.556. The van der Waals surface area contributed by atoms with Crippen LogP contribution < -0.4 is 4.74 Å². The number of allylic oxidation sites excluding steroid dienone is 1. The first-order valence-electron chi connectivity index (χ1n) is 6.08. The van der Waals surface area contributed by atoms with Crippen molar-refractivity contribution in [2.45, 2.75) is 33.3 Å². The summed E-state index contributed by atoms with van der Waals surface area (Å²) < 4.78 is 5.54. The molecule has 0 saturated heterocycles. The maximum absolute atomic E-state index is 11.1. The normalized spacial score (nSPS) is 12.1. The summed E-state index contributed by atoms with van der Waals surface area (Å²) in [6, 6.07) is 5.23. The van der Waals surface area contributed by atoms with E-state index in [0.717, 1.165) is 11.6 Å². The maximum atomic E-state index is 11.1. The van der Waals surface area contributed by atoms with Crippen molar-refractivity contribution in [3.8, 4) is 5.75 Å². The molecule has 0 amide bonds. The lowest BCUT2D eigenvalue weighted by Gasteiger charge is -2.23. The highest BCUT2D eigenvalue weighted by atomic mass is 16.5. The van der Waals surface area contributed by atoms with Gasteiger partial charge >= 0.3 is 11.9 Å². The summed E-state index contributed by atoms with van der Waals surface area (Å²) in [5.74, 6) is -1.80. The molecule has 0 bridgehead atoms. The summed E-state index contributed by atoms with van der Waals surface area (Å²) in [6.45, 7) is 6.37. The zero-order valence-electron chi connectivity index (χ0n) is 11.9. The Morgan fingerprint density at radius 3 is 2.35 bits per heavy atom. The highest BCUT2D eigenvalue weighted by molar-refractivity contribution is 5.90. The van der Waals surface area contributed by atoms with Crippen molar-refractivity contribution >= 4 is 17.5 Å². The molecule has 5 heteroatoms. The van der Waals surface area contributed by atoms with Gasteiger partial charge in [-0.05, 0) is 44.9 Å². The first-order chi connectivity index (χ1) is 9.13. The summed E-state index contributed by atoms with van der Waals surface area (Å²) >= 11 is 0. The van der Waals surface area contributed by atoms with Crippen LogP contribution >= 0.6 is 0 Å². The number of aryl methyl sites for hydroxylation is 1. The first kappa shape index (κ1) is 15.8. The van der Waals surface area contributed by atoms with E-state index >= 15 is 0 Å². The molecular formula is C15H18O5. The summed E-state index contributed by atoms with van der Waals surface area (Å²) in [4.78, 5) is 21.9. The molecule has 2 N–H and O–H groups in total. The number of rotatable bonds is 5. The lowest BCUT2D eigenvalue weighted by Crippen LogP contribution is -2.38. The topological polar surface area (TPSA) is 83.8 Å². The number of hydrogen-bond acceptors (Lipinski definition) is 3. The van der Waals surface area contributed by atoms with E-state index in [1.165, 1.54) is 13.8 Å². The second-order valence-electron chi connectivity index (χ2n) is 5.08. The fourth-order valence-corrected chi connectivity index (χ4v) is 1.62. The number of carbonyl (C=O) groups is 2. The van der Waals surface area contributed by atoms with Crippen LogP contribution in [0, 0.1) is 6.92 Å². The van der Waals surface area contributed by atoms with E-state index in [9.17, 15) is 9.59 Å². The lowest BCUT2D eigenvalue weighted by atomic mass is 10.0. The van der Waals surface area contributed by atoms with Crippen molar-refractivity contribution in [1.29, 1.82) is 0 Å². The van der Waals surface area contributed by atoms with Crippen molar-refractivity contribution in [3.63, 3.8) is 0 Å². The molecule has 0 aromatic heterocycles. The molecule has 5 nitrogen and oxygen atoms in total. The van der Waals surface area contributed by atoms with Gasteiger partial charge in [0.05, 0.1) is 0 Å². The predicted octanol–water partition coefficient (Wildman–Crippen LogP) is 2.72. The molecule has 1 aromatic carbocycles. The van der Waals surface area contributed by atoms with Crippen LogP contribution in [0.15, 0.2) is 24.3 Å². The van der Waals surface area contributed by atoms with E-state index in [2.05, 4.69) is 0 Å². The van der Waals surface area contributed by atoms with Gasteiger partial charge in [0, 0.05) is 11.6 Å². The Bertz CT molecular complexity index is 570. The average molecular weight is 278 g/mol. The van der Waals surface area contributed by atoms with Gasteiger partial charge in [0.1, 0.15) is 5.75 Å². The molecule has 0 radical (unpaired) electrons. The van der Waals surface area contributed by atoms with Crippen LogP contribution in [-0.2, 0) is 9.59 Å². The molecule has 0 fully saturated rings. The Hall–Kier alpha value is -2.30. The van der Waals surface area contributed by atoms with E-state index in [4.69, 9.17) is 14.9 Å². The molecule has 0 aliphatic rings. The first-order valence-corrected chi connectivity index (χ1v) is 6.08. The third kappa shape index (κ3) is 3.85. The van der Waals surface area contributed by atoms with E-state index in [1.54, 1.807) is 19.1 Å². The Balaban J connectivity index is 3.28. The monoisotopic (exact) mass is 278 g/mol. The highest BCUT2D eigenvalue weighted by Crippen LogP contribution is 2.30. The van der Waals surface area contributed by atoms with Crippen LogP contribution in [0.3, 0.4) is 0 Å². The number of aliphatic carboxylic acids is 2. The van der Waals surface area contributed by atoms with Crippen molar-refractivity contribution < 1.29 is 24.5 Å². The number of carboxylic acids is 2. The number of carboxylic acid groups (broad SMARTS) is 2. The van der Waals surface area contributed by atoms with Gasteiger partial charge < -0.3 is 14.9 Å². The smallest absolute Gasteiger partial charge is 0.347 e. The van der Waals surface area contributed by atoms with Crippen molar-refractivity contribution in [1.82, 2.24) is 0 Å². The molecule has 0 aliphatic carbocycles. The second-order valence-corrected chi connectivity index (χ2v) is 5.08. The molecule has 0 aliphatic heterocycles.